The van der Waals surface area contributed by atoms with Gasteiger partial charge in [-0.25, -0.2) is 0 Å². The minimum Gasteiger partial charge on any atom is -0.496 e. The Balaban J connectivity index is 1.70. The number of carbonyl (C=O) groups excluding carboxylic acids is 3. The summed E-state index contributed by atoms with van der Waals surface area (Å²) >= 11 is 4.00. The summed E-state index contributed by atoms with van der Waals surface area (Å²) in [4.78, 5) is 37.8. The molecule has 0 saturated carbocycles. The fourth-order valence-electron chi connectivity index (χ4n) is 2.68. The van der Waals surface area contributed by atoms with E-state index in [4.69, 9.17) is 4.74 Å². The van der Waals surface area contributed by atoms with Crippen LogP contribution in [-0.2, 0) is 15.8 Å². The van der Waals surface area contributed by atoms with E-state index in [9.17, 15) is 27.6 Å². The van der Waals surface area contributed by atoms with Gasteiger partial charge in [-0.3, -0.25) is 19.3 Å². The van der Waals surface area contributed by atoms with E-state index in [-0.39, 0.29) is 10.6 Å². The Morgan fingerprint density at radius 3 is 2.61 bits per heavy atom. The Bertz CT molecular complexity index is 1090. The molecule has 0 aromatic heterocycles. The van der Waals surface area contributed by atoms with E-state index >= 15 is 0 Å². The topological polar surface area (TPSA) is 75.7 Å². The third kappa shape index (κ3) is 5.47. The molecular formula is C20H14BrF3N2O4S. The van der Waals surface area contributed by atoms with E-state index in [1.807, 2.05) is 0 Å². The second kappa shape index (κ2) is 9.15. The van der Waals surface area contributed by atoms with Crippen LogP contribution in [-0.4, -0.2) is 35.6 Å². The Kier molecular flexibility index (Phi) is 6.75. The molecule has 1 N–H and O–H groups in total. The van der Waals surface area contributed by atoms with Gasteiger partial charge in [0, 0.05) is 5.69 Å². The molecule has 2 aromatic carbocycles. The van der Waals surface area contributed by atoms with Crippen molar-refractivity contribution in [3.05, 3.63) is 63.0 Å². The van der Waals surface area contributed by atoms with Gasteiger partial charge in [0.15, 0.2) is 0 Å². The molecule has 0 bridgehead atoms. The Morgan fingerprint density at radius 1 is 1.23 bits per heavy atom. The van der Waals surface area contributed by atoms with E-state index in [0.29, 0.717) is 27.5 Å². The molecule has 0 aliphatic carbocycles. The zero-order valence-electron chi connectivity index (χ0n) is 15.8. The predicted molar refractivity (Wildman–Crippen MR) is 113 cm³/mol. The molecule has 1 aliphatic rings. The van der Waals surface area contributed by atoms with Gasteiger partial charge < -0.3 is 10.1 Å². The first-order valence-electron chi connectivity index (χ1n) is 8.64. The summed E-state index contributed by atoms with van der Waals surface area (Å²) < 4.78 is 44.2. The van der Waals surface area contributed by atoms with Crippen molar-refractivity contribution in [3.8, 4) is 5.75 Å². The number of imide groups is 1. The van der Waals surface area contributed by atoms with Crippen molar-refractivity contribution in [2.75, 3.05) is 19.0 Å². The molecule has 1 fully saturated rings. The number of methoxy groups -OCH3 is 1. The lowest BCUT2D eigenvalue weighted by Gasteiger charge is -2.13. The summed E-state index contributed by atoms with van der Waals surface area (Å²) in [6.07, 6.45) is -3.06. The summed E-state index contributed by atoms with van der Waals surface area (Å²) in [5.74, 6) is -0.868. The van der Waals surface area contributed by atoms with Crippen LogP contribution < -0.4 is 10.1 Å². The van der Waals surface area contributed by atoms with Crippen LogP contribution in [0.2, 0.25) is 0 Å². The maximum absolute atomic E-state index is 12.8. The number of alkyl halides is 3. The van der Waals surface area contributed by atoms with Crippen molar-refractivity contribution < 1.29 is 32.3 Å². The van der Waals surface area contributed by atoms with Crippen LogP contribution in [0.4, 0.5) is 23.7 Å². The van der Waals surface area contributed by atoms with E-state index in [1.54, 1.807) is 18.2 Å². The largest absolute Gasteiger partial charge is 0.496 e. The van der Waals surface area contributed by atoms with Crippen LogP contribution in [0.3, 0.4) is 0 Å². The van der Waals surface area contributed by atoms with Crippen molar-refractivity contribution >= 4 is 56.5 Å². The maximum Gasteiger partial charge on any atom is 0.416 e. The molecule has 11 heteroatoms. The van der Waals surface area contributed by atoms with Crippen molar-refractivity contribution in [1.82, 2.24) is 4.90 Å². The molecule has 0 spiro atoms. The van der Waals surface area contributed by atoms with Gasteiger partial charge in [-0.15, -0.1) is 0 Å². The highest BCUT2D eigenvalue weighted by molar-refractivity contribution is 9.10. The number of hydrogen-bond donors (Lipinski definition) is 1. The molecule has 3 rings (SSSR count). The SMILES string of the molecule is COc1ccc(/C=C2\SC(=O)N(CC(=O)Nc3cccc(C(F)(F)F)c3)C2=O)cc1Br. The standard InChI is InChI=1S/C20H14BrF3N2O4S/c1-30-15-6-5-11(7-14(15)21)8-16-18(28)26(19(29)31-16)10-17(27)25-13-4-2-3-12(9-13)20(22,23)24/h2-9H,10H2,1H3,(H,25,27)/b16-8-. The highest BCUT2D eigenvalue weighted by Gasteiger charge is 2.36. The third-order valence-electron chi connectivity index (χ3n) is 4.12. The summed E-state index contributed by atoms with van der Waals surface area (Å²) in [6.45, 7) is -0.620. The average Bonchev–Trinajstić information content (AvgIpc) is 2.95. The number of ether oxygens (including phenoxy) is 1. The predicted octanol–water partition coefficient (Wildman–Crippen LogP) is 5.15. The van der Waals surface area contributed by atoms with Gasteiger partial charge >= 0.3 is 6.18 Å². The van der Waals surface area contributed by atoms with E-state index < -0.39 is 35.3 Å². The molecule has 0 radical (unpaired) electrons. The molecule has 1 heterocycles. The molecule has 162 valence electrons. The molecule has 0 unspecified atom stereocenters. The number of halogens is 4. The lowest BCUT2D eigenvalue weighted by molar-refractivity contribution is -0.137. The van der Waals surface area contributed by atoms with Crippen LogP contribution >= 0.6 is 27.7 Å². The summed E-state index contributed by atoms with van der Waals surface area (Å²) in [7, 11) is 1.51. The fourth-order valence-corrected chi connectivity index (χ4v) is 4.07. The summed E-state index contributed by atoms with van der Waals surface area (Å²) in [5.41, 5.74) is -0.387. The number of anilines is 1. The van der Waals surface area contributed by atoms with Crippen LogP contribution in [0.15, 0.2) is 51.8 Å². The number of nitrogens with one attached hydrogen (secondary N) is 1. The zero-order chi connectivity index (χ0) is 22.8. The van der Waals surface area contributed by atoms with Crippen LogP contribution in [0.25, 0.3) is 6.08 Å². The monoisotopic (exact) mass is 514 g/mol. The average molecular weight is 515 g/mol. The molecule has 6 nitrogen and oxygen atoms in total. The molecule has 0 atom stereocenters. The Labute approximate surface area is 187 Å². The van der Waals surface area contributed by atoms with Crippen molar-refractivity contribution in [2.24, 2.45) is 0 Å². The number of amides is 3. The van der Waals surface area contributed by atoms with Crippen molar-refractivity contribution in [3.63, 3.8) is 0 Å². The molecule has 2 aromatic rings. The zero-order valence-corrected chi connectivity index (χ0v) is 18.2. The van der Waals surface area contributed by atoms with E-state index in [2.05, 4.69) is 21.2 Å². The number of thioether (sulfide) groups is 1. The van der Waals surface area contributed by atoms with Gasteiger partial charge in [-0.2, -0.15) is 13.2 Å². The minimum atomic E-state index is -4.56. The third-order valence-corrected chi connectivity index (χ3v) is 5.65. The lowest BCUT2D eigenvalue weighted by Crippen LogP contribution is -2.36. The number of carbonyl (C=O) groups is 3. The van der Waals surface area contributed by atoms with Gasteiger partial charge in [0.1, 0.15) is 12.3 Å². The summed E-state index contributed by atoms with van der Waals surface area (Å²) in [6, 6.07) is 9.14. The van der Waals surface area contributed by atoms with Gasteiger partial charge in [-0.1, -0.05) is 12.1 Å². The highest BCUT2D eigenvalue weighted by atomic mass is 79.9. The van der Waals surface area contributed by atoms with Crippen molar-refractivity contribution in [1.29, 1.82) is 0 Å². The first-order valence-corrected chi connectivity index (χ1v) is 10.3. The normalized spacial score (nSPS) is 15.5. The molecular weight excluding hydrogens is 501 g/mol. The van der Waals surface area contributed by atoms with Crippen LogP contribution in [0, 0.1) is 0 Å². The number of benzene rings is 2. The van der Waals surface area contributed by atoms with Crippen LogP contribution in [0.1, 0.15) is 11.1 Å². The molecule has 1 aliphatic heterocycles. The summed E-state index contributed by atoms with van der Waals surface area (Å²) in [5, 5.41) is 1.62. The number of nitrogens with zero attached hydrogens (tertiary/aromatic N) is 1. The first-order chi connectivity index (χ1) is 14.6. The second-order valence-electron chi connectivity index (χ2n) is 6.29. The highest BCUT2D eigenvalue weighted by Crippen LogP contribution is 2.34. The Hall–Kier alpha value is -2.79. The minimum absolute atomic E-state index is 0.0922. The second-order valence-corrected chi connectivity index (χ2v) is 8.14. The Morgan fingerprint density at radius 2 is 1.97 bits per heavy atom. The quantitative estimate of drug-likeness (QED) is 0.558. The number of rotatable bonds is 5. The lowest BCUT2D eigenvalue weighted by atomic mass is 10.2. The maximum atomic E-state index is 12.8. The molecule has 1 saturated heterocycles. The van der Waals surface area contributed by atoms with E-state index in [1.165, 1.54) is 19.3 Å². The number of hydrogen-bond acceptors (Lipinski definition) is 5. The van der Waals surface area contributed by atoms with Gasteiger partial charge in [0.25, 0.3) is 11.1 Å². The fraction of sp³-hybridized carbons (Fsp3) is 0.150. The van der Waals surface area contributed by atoms with Gasteiger partial charge in [-0.05, 0) is 69.7 Å². The van der Waals surface area contributed by atoms with Gasteiger partial charge in [0.05, 0.1) is 22.1 Å². The van der Waals surface area contributed by atoms with E-state index in [0.717, 1.165) is 23.1 Å². The molecule has 31 heavy (non-hydrogen) atoms. The smallest absolute Gasteiger partial charge is 0.416 e. The van der Waals surface area contributed by atoms with Crippen molar-refractivity contribution in [2.45, 2.75) is 6.18 Å². The van der Waals surface area contributed by atoms with Gasteiger partial charge in [0.2, 0.25) is 5.91 Å². The van der Waals surface area contributed by atoms with Crippen LogP contribution in [0.5, 0.6) is 5.75 Å². The first kappa shape index (κ1) is 22.9. The molecule has 3 amide bonds.